The van der Waals surface area contributed by atoms with E-state index in [-0.39, 0.29) is 11.5 Å². The number of hydrogen-bond donors (Lipinski definition) is 2. The predicted octanol–water partition coefficient (Wildman–Crippen LogP) is 1.73. The predicted molar refractivity (Wildman–Crippen MR) is 65.6 cm³/mol. The Morgan fingerprint density at radius 2 is 1.61 bits per heavy atom. The van der Waals surface area contributed by atoms with E-state index >= 15 is 0 Å². The van der Waals surface area contributed by atoms with Crippen molar-refractivity contribution in [2.75, 3.05) is 0 Å². The molecule has 0 aliphatic rings. The first-order valence-electron chi connectivity index (χ1n) is 5.53. The molecular weight excluding hydrogens is 230 g/mol. The number of benzene rings is 1. The van der Waals surface area contributed by atoms with E-state index in [9.17, 15) is 10.2 Å². The Balaban J connectivity index is 1.99. The van der Waals surface area contributed by atoms with Gasteiger partial charge in [-0.2, -0.15) is 0 Å². The number of aromatic nitrogens is 3. The summed E-state index contributed by atoms with van der Waals surface area (Å²) < 4.78 is 1.75. The molecule has 1 aromatic carbocycles. The van der Waals surface area contributed by atoms with Crippen LogP contribution in [0.15, 0.2) is 42.6 Å². The van der Waals surface area contributed by atoms with Crippen molar-refractivity contribution in [1.29, 1.82) is 0 Å². The molecule has 2 aromatic heterocycles. The molecule has 18 heavy (non-hydrogen) atoms. The molecule has 2 heterocycles. The van der Waals surface area contributed by atoms with E-state index in [4.69, 9.17) is 0 Å². The average Bonchev–Trinajstić information content (AvgIpc) is 2.75. The number of phenolic OH excluding ortho intramolecular Hbond substituents is 1. The molecular formula is C13H11N3O2. The average molecular weight is 241 g/mol. The molecule has 0 saturated heterocycles. The largest absolute Gasteiger partial charge is 0.508 e. The summed E-state index contributed by atoms with van der Waals surface area (Å²) >= 11 is 0. The first-order chi connectivity index (χ1) is 8.72. The molecule has 0 saturated carbocycles. The standard InChI is InChI=1S/C13H11N3O2/c17-10-3-1-9(2-4-10)7-13-15-14-12-6-5-11(18)8-16(12)13/h1-6,8,17-18H,7H2. The SMILES string of the molecule is Oc1ccc(Cc2nnc3ccc(O)cn23)cc1. The van der Waals surface area contributed by atoms with Crippen LogP contribution < -0.4 is 0 Å². The number of rotatable bonds is 2. The molecule has 2 N–H and O–H groups in total. The van der Waals surface area contributed by atoms with Crippen LogP contribution in [0.1, 0.15) is 11.4 Å². The Morgan fingerprint density at radius 3 is 2.39 bits per heavy atom. The van der Waals surface area contributed by atoms with Gasteiger partial charge in [0, 0.05) is 6.42 Å². The third-order valence-electron chi connectivity index (χ3n) is 2.76. The third kappa shape index (κ3) is 1.86. The summed E-state index contributed by atoms with van der Waals surface area (Å²) in [5, 5.41) is 26.8. The van der Waals surface area contributed by atoms with E-state index < -0.39 is 0 Å². The van der Waals surface area contributed by atoms with Crippen LogP contribution in [0.2, 0.25) is 0 Å². The smallest absolute Gasteiger partial charge is 0.161 e. The molecule has 5 nitrogen and oxygen atoms in total. The molecule has 0 aliphatic carbocycles. The number of phenols is 1. The first-order valence-corrected chi connectivity index (χ1v) is 5.53. The zero-order chi connectivity index (χ0) is 12.5. The van der Waals surface area contributed by atoms with Gasteiger partial charge in [0.05, 0.1) is 6.20 Å². The Labute approximate surface area is 103 Å². The fourth-order valence-corrected chi connectivity index (χ4v) is 1.84. The molecule has 0 unspecified atom stereocenters. The van der Waals surface area contributed by atoms with Crippen LogP contribution in [-0.4, -0.2) is 24.8 Å². The van der Waals surface area contributed by atoms with E-state index in [0.717, 1.165) is 11.4 Å². The monoisotopic (exact) mass is 241 g/mol. The Hall–Kier alpha value is -2.56. The quantitative estimate of drug-likeness (QED) is 0.716. The summed E-state index contributed by atoms with van der Waals surface area (Å²) in [7, 11) is 0. The van der Waals surface area contributed by atoms with Crippen molar-refractivity contribution in [2.45, 2.75) is 6.42 Å². The van der Waals surface area contributed by atoms with Gasteiger partial charge in [-0.25, -0.2) is 0 Å². The maximum absolute atomic E-state index is 9.47. The summed E-state index contributed by atoms with van der Waals surface area (Å²) in [6.07, 6.45) is 2.18. The zero-order valence-electron chi connectivity index (χ0n) is 9.48. The molecule has 0 radical (unpaired) electrons. The van der Waals surface area contributed by atoms with Crippen molar-refractivity contribution in [3.63, 3.8) is 0 Å². The number of hydrogen-bond acceptors (Lipinski definition) is 4. The molecule has 90 valence electrons. The van der Waals surface area contributed by atoms with Gasteiger partial charge in [-0.3, -0.25) is 4.40 Å². The van der Waals surface area contributed by atoms with Crippen molar-refractivity contribution in [3.8, 4) is 11.5 Å². The van der Waals surface area contributed by atoms with Crippen LogP contribution in [0.3, 0.4) is 0 Å². The molecule has 0 fully saturated rings. The Bertz CT molecular complexity index is 689. The summed E-state index contributed by atoms with van der Waals surface area (Å²) in [5.41, 5.74) is 1.71. The summed E-state index contributed by atoms with van der Waals surface area (Å²) in [6, 6.07) is 10.2. The molecule has 0 aliphatic heterocycles. The summed E-state index contributed by atoms with van der Waals surface area (Å²) in [5.74, 6) is 1.16. The van der Waals surface area contributed by atoms with Crippen LogP contribution >= 0.6 is 0 Å². The van der Waals surface area contributed by atoms with Crippen molar-refractivity contribution >= 4 is 5.65 Å². The van der Waals surface area contributed by atoms with E-state index in [1.54, 1.807) is 34.9 Å². The molecule has 0 bridgehead atoms. The van der Waals surface area contributed by atoms with Crippen LogP contribution in [0.25, 0.3) is 5.65 Å². The lowest BCUT2D eigenvalue weighted by molar-refractivity contribution is 0.471. The first kappa shape index (κ1) is 10.6. The number of aromatic hydroxyl groups is 2. The van der Waals surface area contributed by atoms with Gasteiger partial charge in [0.25, 0.3) is 0 Å². The van der Waals surface area contributed by atoms with Crippen LogP contribution in [0.4, 0.5) is 0 Å². The molecule has 3 rings (SSSR count). The topological polar surface area (TPSA) is 70.7 Å². The second kappa shape index (κ2) is 4.03. The Kier molecular flexibility index (Phi) is 2.37. The minimum absolute atomic E-state index is 0.175. The second-order valence-electron chi connectivity index (χ2n) is 4.07. The minimum Gasteiger partial charge on any atom is -0.508 e. The van der Waals surface area contributed by atoms with Crippen molar-refractivity contribution < 1.29 is 10.2 Å². The molecule has 0 amide bonds. The maximum Gasteiger partial charge on any atom is 0.161 e. The van der Waals surface area contributed by atoms with E-state index in [2.05, 4.69) is 10.2 Å². The fourth-order valence-electron chi connectivity index (χ4n) is 1.84. The van der Waals surface area contributed by atoms with Crippen molar-refractivity contribution in [1.82, 2.24) is 14.6 Å². The van der Waals surface area contributed by atoms with E-state index in [1.807, 2.05) is 12.1 Å². The molecule has 0 spiro atoms. The van der Waals surface area contributed by atoms with Gasteiger partial charge in [-0.15, -0.1) is 10.2 Å². The number of fused-ring (bicyclic) bond motifs is 1. The van der Waals surface area contributed by atoms with Crippen molar-refractivity contribution in [2.24, 2.45) is 0 Å². The van der Waals surface area contributed by atoms with Gasteiger partial charge in [0.15, 0.2) is 5.65 Å². The molecule has 5 heteroatoms. The maximum atomic E-state index is 9.47. The van der Waals surface area contributed by atoms with E-state index in [1.165, 1.54) is 0 Å². The van der Waals surface area contributed by atoms with Gasteiger partial charge in [0.1, 0.15) is 17.3 Å². The van der Waals surface area contributed by atoms with Crippen LogP contribution in [0.5, 0.6) is 11.5 Å². The molecule has 0 atom stereocenters. The highest BCUT2D eigenvalue weighted by Crippen LogP contribution is 2.16. The Morgan fingerprint density at radius 1 is 0.889 bits per heavy atom. The lowest BCUT2D eigenvalue weighted by atomic mass is 10.1. The number of pyridine rings is 1. The number of nitrogens with zero attached hydrogens (tertiary/aromatic N) is 3. The van der Waals surface area contributed by atoms with Gasteiger partial charge in [0.2, 0.25) is 0 Å². The molecule has 3 aromatic rings. The lowest BCUT2D eigenvalue weighted by Crippen LogP contribution is -1.95. The van der Waals surface area contributed by atoms with Crippen molar-refractivity contribution in [3.05, 3.63) is 54.0 Å². The zero-order valence-corrected chi connectivity index (χ0v) is 9.48. The highest BCUT2D eigenvalue weighted by molar-refractivity contribution is 5.41. The fraction of sp³-hybridized carbons (Fsp3) is 0.0769. The van der Waals surface area contributed by atoms with Gasteiger partial charge >= 0.3 is 0 Å². The summed E-state index contributed by atoms with van der Waals surface area (Å²) in [4.78, 5) is 0. The minimum atomic E-state index is 0.175. The lowest BCUT2D eigenvalue weighted by Gasteiger charge is -2.01. The second-order valence-corrected chi connectivity index (χ2v) is 4.07. The van der Waals surface area contributed by atoms with Crippen LogP contribution in [-0.2, 0) is 6.42 Å². The van der Waals surface area contributed by atoms with Crippen LogP contribution in [0, 0.1) is 0 Å². The highest BCUT2D eigenvalue weighted by atomic mass is 16.3. The normalized spacial score (nSPS) is 10.9. The highest BCUT2D eigenvalue weighted by Gasteiger charge is 2.06. The van der Waals surface area contributed by atoms with Gasteiger partial charge in [-0.05, 0) is 29.8 Å². The van der Waals surface area contributed by atoms with Gasteiger partial charge < -0.3 is 10.2 Å². The third-order valence-corrected chi connectivity index (χ3v) is 2.76. The van der Waals surface area contributed by atoms with Gasteiger partial charge in [-0.1, -0.05) is 12.1 Å². The van der Waals surface area contributed by atoms with E-state index in [0.29, 0.717) is 12.1 Å². The summed E-state index contributed by atoms with van der Waals surface area (Å²) in [6.45, 7) is 0.